The Morgan fingerprint density at radius 1 is 1.29 bits per heavy atom. The van der Waals surface area contributed by atoms with Crippen LogP contribution in [0.3, 0.4) is 0 Å². The molecule has 2 rings (SSSR count). The van der Waals surface area contributed by atoms with Crippen LogP contribution in [0.5, 0.6) is 5.75 Å². The van der Waals surface area contributed by atoms with Crippen molar-refractivity contribution in [1.29, 1.82) is 0 Å². The number of aromatic nitrogens is 2. The highest BCUT2D eigenvalue weighted by Gasteiger charge is 2.11. The normalized spacial score (nSPS) is 12.7. The number of benzene rings is 1. The fourth-order valence-corrected chi connectivity index (χ4v) is 2.33. The third-order valence-corrected chi connectivity index (χ3v) is 3.52. The summed E-state index contributed by atoms with van der Waals surface area (Å²) in [6.07, 6.45) is 2.65. The number of ether oxygens (including phenoxy) is 1. The molecule has 21 heavy (non-hydrogen) atoms. The Balaban J connectivity index is 2.10. The smallest absolute Gasteiger partial charge is 0.132 e. The molecule has 0 saturated carbocycles. The minimum Gasteiger partial charge on any atom is -0.487 e. The van der Waals surface area contributed by atoms with Crippen molar-refractivity contribution in [1.82, 2.24) is 9.78 Å². The van der Waals surface area contributed by atoms with Crippen molar-refractivity contribution in [2.45, 2.75) is 45.9 Å². The van der Waals surface area contributed by atoms with E-state index in [2.05, 4.69) is 18.9 Å². The van der Waals surface area contributed by atoms with Crippen LogP contribution in [0.15, 0.2) is 30.5 Å². The summed E-state index contributed by atoms with van der Waals surface area (Å²) in [7, 11) is 0. The summed E-state index contributed by atoms with van der Waals surface area (Å²) in [5.41, 5.74) is 7.73. The van der Waals surface area contributed by atoms with Crippen molar-refractivity contribution in [3.05, 3.63) is 46.7 Å². The summed E-state index contributed by atoms with van der Waals surface area (Å²) < 4.78 is 7.80. The Morgan fingerprint density at radius 2 is 2.05 bits per heavy atom. The lowest BCUT2D eigenvalue weighted by atomic mass is 10.1. The molecule has 4 nitrogen and oxygen atoms in total. The van der Waals surface area contributed by atoms with E-state index in [-0.39, 0.29) is 6.04 Å². The fraction of sp³-hybridized carbons (Fsp3) is 0.438. The van der Waals surface area contributed by atoms with Crippen LogP contribution in [-0.4, -0.2) is 15.8 Å². The Morgan fingerprint density at radius 3 is 2.67 bits per heavy atom. The van der Waals surface area contributed by atoms with Crippen molar-refractivity contribution in [2.24, 2.45) is 5.73 Å². The average molecular weight is 308 g/mol. The number of hydrogen-bond donors (Lipinski definition) is 1. The van der Waals surface area contributed by atoms with Crippen LogP contribution in [0.4, 0.5) is 0 Å². The van der Waals surface area contributed by atoms with E-state index in [1.54, 1.807) is 0 Å². The quantitative estimate of drug-likeness (QED) is 0.887. The number of rotatable bonds is 6. The van der Waals surface area contributed by atoms with Crippen molar-refractivity contribution < 1.29 is 4.74 Å². The van der Waals surface area contributed by atoms with Crippen LogP contribution in [0.25, 0.3) is 0 Å². The largest absolute Gasteiger partial charge is 0.487 e. The first-order chi connectivity index (χ1) is 9.97. The Hall–Kier alpha value is -1.52. The van der Waals surface area contributed by atoms with Crippen molar-refractivity contribution in [2.75, 3.05) is 0 Å². The van der Waals surface area contributed by atoms with E-state index in [1.165, 1.54) is 0 Å². The maximum absolute atomic E-state index is 6.25. The van der Waals surface area contributed by atoms with Gasteiger partial charge in [-0.25, -0.2) is 0 Å². The molecule has 0 bridgehead atoms. The van der Waals surface area contributed by atoms with Crippen molar-refractivity contribution in [3.8, 4) is 5.75 Å². The zero-order chi connectivity index (χ0) is 15.4. The van der Waals surface area contributed by atoms with Gasteiger partial charge in [-0.2, -0.15) is 5.10 Å². The predicted octanol–water partition coefficient (Wildman–Crippen LogP) is 3.59. The highest BCUT2D eigenvalue weighted by atomic mass is 35.5. The molecule has 1 atom stereocenters. The van der Waals surface area contributed by atoms with E-state index in [0.29, 0.717) is 24.1 Å². The topological polar surface area (TPSA) is 53.1 Å². The molecule has 0 aliphatic carbocycles. The number of halogens is 1. The Bertz CT molecular complexity index is 593. The van der Waals surface area contributed by atoms with Crippen LogP contribution < -0.4 is 10.5 Å². The first-order valence-corrected chi connectivity index (χ1v) is 7.55. The molecule has 1 aromatic carbocycles. The first kappa shape index (κ1) is 15.9. The van der Waals surface area contributed by atoms with Gasteiger partial charge in [-0.1, -0.05) is 17.7 Å². The number of nitrogens with zero attached hydrogens (tertiary/aromatic N) is 2. The number of hydrogen-bond acceptors (Lipinski definition) is 3. The third-order valence-electron chi connectivity index (χ3n) is 3.17. The van der Waals surface area contributed by atoms with Gasteiger partial charge in [0.25, 0.3) is 0 Å². The van der Waals surface area contributed by atoms with Crippen molar-refractivity contribution >= 4 is 11.6 Å². The van der Waals surface area contributed by atoms with Crippen molar-refractivity contribution in [3.63, 3.8) is 0 Å². The van der Waals surface area contributed by atoms with Crippen LogP contribution >= 0.6 is 11.6 Å². The van der Waals surface area contributed by atoms with E-state index in [1.807, 2.05) is 42.1 Å². The second kappa shape index (κ2) is 6.96. The second-order valence-corrected chi connectivity index (χ2v) is 5.97. The minimum atomic E-state index is 0.0346. The van der Waals surface area contributed by atoms with E-state index < -0.39 is 0 Å². The summed E-state index contributed by atoms with van der Waals surface area (Å²) in [5, 5.41) is 5.16. The molecule has 1 aromatic heterocycles. The maximum Gasteiger partial charge on any atom is 0.132 e. The molecule has 1 heterocycles. The van der Waals surface area contributed by atoms with Gasteiger partial charge >= 0.3 is 0 Å². The molecule has 2 aromatic rings. The monoisotopic (exact) mass is 307 g/mol. The highest BCUT2D eigenvalue weighted by Crippen LogP contribution is 2.28. The molecule has 0 spiro atoms. The Kier molecular flexibility index (Phi) is 5.26. The predicted molar refractivity (Wildman–Crippen MR) is 85.7 cm³/mol. The molecule has 2 N–H and O–H groups in total. The standard InChI is InChI=1S/C16H22ClN3O/c1-11(2)20-8-7-13(19-20)10-21-16-6-4-5-15(17)14(16)9-12(3)18/h4-8,11-12H,9-10,18H2,1-3H3. The average Bonchev–Trinajstić information content (AvgIpc) is 2.88. The first-order valence-electron chi connectivity index (χ1n) is 7.17. The van der Waals surface area contributed by atoms with Crippen LogP contribution in [0, 0.1) is 0 Å². The van der Waals surface area contributed by atoms with E-state index in [4.69, 9.17) is 22.1 Å². The SMILES string of the molecule is CC(N)Cc1c(Cl)cccc1OCc1ccn(C(C)C)n1. The molecule has 114 valence electrons. The van der Waals surface area contributed by atoms with E-state index >= 15 is 0 Å². The molecule has 0 amide bonds. The summed E-state index contributed by atoms with van der Waals surface area (Å²) >= 11 is 6.25. The van der Waals surface area contributed by atoms with E-state index in [0.717, 1.165) is 17.0 Å². The molecular weight excluding hydrogens is 286 g/mol. The summed E-state index contributed by atoms with van der Waals surface area (Å²) in [4.78, 5) is 0. The third kappa shape index (κ3) is 4.22. The zero-order valence-corrected chi connectivity index (χ0v) is 13.5. The van der Waals surface area contributed by atoms with Gasteiger partial charge in [0, 0.05) is 28.9 Å². The number of nitrogens with two attached hydrogens (primary N) is 1. The van der Waals surface area contributed by atoms with Gasteiger partial charge in [-0.05, 0) is 45.4 Å². The van der Waals surface area contributed by atoms with Gasteiger partial charge < -0.3 is 10.5 Å². The second-order valence-electron chi connectivity index (χ2n) is 5.57. The summed E-state index contributed by atoms with van der Waals surface area (Å²) in [6, 6.07) is 8.01. The lowest BCUT2D eigenvalue weighted by Gasteiger charge is -2.14. The molecule has 0 saturated heterocycles. The maximum atomic E-state index is 6.25. The lowest BCUT2D eigenvalue weighted by molar-refractivity contribution is 0.295. The van der Waals surface area contributed by atoms with Gasteiger partial charge in [0.2, 0.25) is 0 Å². The van der Waals surface area contributed by atoms with Gasteiger partial charge in [0.05, 0.1) is 5.69 Å². The van der Waals surface area contributed by atoms with Gasteiger partial charge in [0.1, 0.15) is 12.4 Å². The highest BCUT2D eigenvalue weighted by molar-refractivity contribution is 6.31. The van der Waals surface area contributed by atoms with Crippen LogP contribution in [0.2, 0.25) is 5.02 Å². The minimum absolute atomic E-state index is 0.0346. The molecule has 5 heteroatoms. The molecule has 0 aliphatic heterocycles. The fourth-order valence-electron chi connectivity index (χ4n) is 2.09. The zero-order valence-electron chi connectivity index (χ0n) is 12.7. The van der Waals surface area contributed by atoms with Gasteiger partial charge in [0.15, 0.2) is 0 Å². The van der Waals surface area contributed by atoms with E-state index in [9.17, 15) is 0 Å². The van der Waals surface area contributed by atoms with Gasteiger partial charge in [-0.15, -0.1) is 0 Å². The molecule has 1 unspecified atom stereocenters. The summed E-state index contributed by atoms with van der Waals surface area (Å²) in [5.74, 6) is 0.777. The van der Waals surface area contributed by atoms with Crippen LogP contribution in [0.1, 0.15) is 38.1 Å². The lowest BCUT2D eigenvalue weighted by Crippen LogP contribution is -2.18. The van der Waals surface area contributed by atoms with Gasteiger partial charge in [-0.3, -0.25) is 4.68 Å². The molecule has 0 radical (unpaired) electrons. The molecule has 0 aliphatic rings. The summed E-state index contributed by atoms with van der Waals surface area (Å²) in [6.45, 7) is 6.56. The Labute approximate surface area is 130 Å². The van der Waals surface area contributed by atoms with Crippen LogP contribution in [-0.2, 0) is 13.0 Å². The molecular formula is C16H22ClN3O. The molecule has 0 fully saturated rings.